The molecule has 3 heterocycles. The SMILES string of the molecule is O=C(NCCN1CCc2ccccc2C1)c1ccnc(N2CCN[C@@H](c3ccccc3)C2)c1. The normalized spacial score (nSPS) is 18.5. The summed E-state index contributed by atoms with van der Waals surface area (Å²) >= 11 is 0. The van der Waals surface area contributed by atoms with E-state index in [2.05, 4.69) is 73.9 Å². The number of piperazine rings is 1. The summed E-state index contributed by atoms with van der Waals surface area (Å²) in [5, 5.41) is 6.68. The first-order chi connectivity index (χ1) is 16.3. The van der Waals surface area contributed by atoms with E-state index < -0.39 is 0 Å². The van der Waals surface area contributed by atoms with Crippen LogP contribution < -0.4 is 15.5 Å². The Balaban J connectivity index is 1.16. The van der Waals surface area contributed by atoms with E-state index in [9.17, 15) is 4.79 Å². The number of hydrogen-bond donors (Lipinski definition) is 2. The molecule has 0 saturated carbocycles. The number of carbonyl (C=O) groups is 1. The van der Waals surface area contributed by atoms with Crippen molar-refractivity contribution in [2.45, 2.75) is 19.0 Å². The number of anilines is 1. The first-order valence-corrected chi connectivity index (χ1v) is 11.8. The zero-order chi connectivity index (χ0) is 22.5. The van der Waals surface area contributed by atoms with Crippen molar-refractivity contribution in [2.75, 3.05) is 44.2 Å². The molecular formula is C27H31N5O. The van der Waals surface area contributed by atoms with Crippen LogP contribution in [-0.4, -0.2) is 55.1 Å². The van der Waals surface area contributed by atoms with Gasteiger partial charge in [-0.2, -0.15) is 0 Å². The van der Waals surface area contributed by atoms with Crippen molar-refractivity contribution >= 4 is 11.7 Å². The Morgan fingerprint density at radius 3 is 2.73 bits per heavy atom. The minimum Gasteiger partial charge on any atom is -0.353 e. The number of carbonyl (C=O) groups excluding carboxylic acids is 1. The molecule has 1 fully saturated rings. The van der Waals surface area contributed by atoms with Crippen molar-refractivity contribution in [1.82, 2.24) is 20.5 Å². The third-order valence-corrected chi connectivity index (χ3v) is 6.63. The number of nitrogens with one attached hydrogen (secondary N) is 2. The molecule has 1 aromatic heterocycles. The predicted molar refractivity (Wildman–Crippen MR) is 131 cm³/mol. The Labute approximate surface area is 195 Å². The molecule has 2 aromatic carbocycles. The van der Waals surface area contributed by atoms with Gasteiger partial charge in [0.25, 0.3) is 5.91 Å². The fourth-order valence-corrected chi connectivity index (χ4v) is 4.77. The lowest BCUT2D eigenvalue weighted by Crippen LogP contribution is -2.46. The molecule has 0 bridgehead atoms. The van der Waals surface area contributed by atoms with E-state index in [1.54, 1.807) is 12.3 Å². The molecule has 2 N–H and O–H groups in total. The van der Waals surface area contributed by atoms with E-state index in [1.165, 1.54) is 16.7 Å². The van der Waals surface area contributed by atoms with E-state index in [0.717, 1.165) is 51.5 Å². The van der Waals surface area contributed by atoms with Gasteiger partial charge in [-0.3, -0.25) is 9.69 Å². The molecule has 33 heavy (non-hydrogen) atoms. The van der Waals surface area contributed by atoms with Gasteiger partial charge < -0.3 is 15.5 Å². The van der Waals surface area contributed by atoms with Crippen LogP contribution in [0.1, 0.15) is 33.1 Å². The highest BCUT2D eigenvalue weighted by atomic mass is 16.1. The number of nitrogens with zero attached hydrogens (tertiary/aromatic N) is 3. The highest BCUT2D eigenvalue weighted by Crippen LogP contribution is 2.22. The van der Waals surface area contributed by atoms with Gasteiger partial charge in [0.1, 0.15) is 5.82 Å². The maximum Gasteiger partial charge on any atom is 0.251 e. The standard InChI is InChI=1S/C27H31N5O/c33-27(30-13-16-31-15-11-21-6-4-5-9-24(21)19-31)23-10-12-29-26(18-23)32-17-14-28-25(20-32)22-7-2-1-3-8-22/h1-10,12,18,25,28H,11,13-17,19-20H2,(H,30,33)/t25-/m1/s1. The summed E-state index contributed by atoms with van der Waals surface area (Å²) in [4.78, 5) is 22.0. The monoisotopic (exact) mass is 441 g/mol. The molecule has 0 radical (unpaired) electrons. The molecule has 1 atom stereocenters. The minimum atomic E-state index is -0.0363. The lowest BCUT2D eigenvalue weighted by molar-refractivity contribution is 0.0947. The van der Waals surface area contributed by atoms with Gasteiger partial charge in [0, 0.05) is 63.6 Å². The van der Waals surface area contributed by atoms with Gasteiger partial charge in [-0.05, 0) is 35.2 Å². The second-order valence-corrected chi connectivity index (χ2v) is 8.82. The van der Waals surface area contributed by atoms with Crippen LogP contribution in [0.2, 0.25) is 0 Å². The summed E-state index contributed by atoms with van der Waals surface area (Å²) in [7, 11) is 0. The Kier molecular flexibility index (Phi) is 6.65. The average Bonchev–Trinajstić information content (AvgIpc) is 2.89. The van der Waals surface area contributed by atoms with Gasteiger partial charge in [0.15, 0.2) is 0 Å². The fraction of sp³-hybridized carbons (Fsp3) is 0.333. The summed E-state index contributed by atoms with van der Waals surface area (Å²) in [5.74, 6) is 0.823. The van der Waals surface area contributed by atoms with Crippen LogP contribution in [0.3, 0.4) is 0 Å². The van der Waals surface area contributed by atoms with Crippen molar-refractivity contribution < 1.29 is 4.79 Å². The average molecular weight is 442 g/mol. The van der Waals surface area contributed by atoms with Gasteiger partial charge in [0.05, 0.1) is 0 Å². The van der Waals surface area contributed by atoms with E-state index >= 15 is 0 Å². The molecular weight excluding hydrogens is 410 g/mol. The fourth-order valence-electron chi connectivity index (χ4n) is 4.77. The third-order valence-electron chi connectivity index (χ3n) is 6.63. The minimum absolute atomic E-state index is 0.0363. The Morgan fingerprint density at radius 2 is 1.85 bits per heavy atom. The largest absolute Gasteiger partial charge is 0.353 e. The van der Waals surface area contributed by atoms with Crippen LogP contribution in [0.5, 0.6) is 0 Å². The molecule has 6 heteroatoms. The number of benzene rings is 2. The van der Waals surface area contributed by atoms with Crippen molar-refractivity contribution in [2.24, 2.45) is 0 Å². The van der Waals surface area contributed by atoms with Crippen molar-refractivity contribution in [3.05, 3.63) is 95.2 Å². The third kappa shape index (κ3) is 5.24. The molecule has 0 aliphatic carbocycles. The lowest BCUT2D eigenvalue weighted by atomic mass is 10.00. The molecule has 2 aliphatic heterocycles. The van der Waals surface area contributed by atoms with Gasteiger partial charge >= 0.3 is 0 Å². The number of fused-ring (bicyclic) bond motifs is 1. The second-order valence-electron chi connectivity index (χ2n) is 8.82. The van der Waals surface area contributed by atoms with Crippen LogP contribution >= 0.6 is 0 Å². The van der Waals surface area contributed by atoms with E-state index in [-0.39, 0.29) is 11.9 Å². The van der Waals surface area contributed by atoms with Crippen LogP contribution in [0.15, 0.2) is 72.9 Å². The number of amides is 1. The van der Waals surface area contributed by atoms with Crippen LogP contribution in [0, 0.1) is 0 Å². The molecule has 1 amide bonds. The molecule has 1 saturated heterocycles. The first-order valence-electron chi connectivity index (χ1n) is 11.8. The molecule has 0 unspecified atom stereocenters. The van der Waals surface area contributed by atoms with Crippen LogP contribution in [0.4, 0.5) is 5.82 Å². The van der Waals surface area contributed by atoms with Gasteiger partial charge in [-0.15, -0.1) is 0 Å². The molecule has 5 rings (SSSR count). The van der Waals surface area contributed by atoms with E-state index in [0.29, 0.717) is 12.1 Å². The molecule has 2 aliphatic rings. The summed E-state index contributed by atoms with van der Waals surface area (Å²) in [6.45, 7) is 6.08. The Morgan fingerprint density at radius 1 is 1.03 bits per heavy atom. The van der Waals surface area contributed by atoms with Gasteiger partial charge in [-0.1, -0.05) is 54.6 Å². The Hall–Kier alpha value is -3.22. The second kappa shape index (κ2) is 10.1. The number of pyridine rings is 1. The summed E-state index contributed by atoms with van der Waals surface area (Å²) in [6, 6.07) is 23.1. The smallest absolute Gasteiger partial charge is 0.251 e. The van der Waals surface area contributed by atoms with Gasteiger partial charge in [0.2, 0.25) is 0 Å². The zero-order valence-electron chi connectivity index (χ0n) is 18.9. The molecule has 170 valence electrons. The molecule has 3 aromatic rings. The van der Waals surface area contributed by atoms with E-state index in [4.69, 9.17) is 0 Å². The number of hydrogen-bond acceptors (Lipinski definition) is 5. The highest BCUT2D eigenvalue weighted by molar-refractivity contribution is 5.94. The van der Waals surface area contributed by atoms with Crippen molar-refractivity contribution in [3.63, 3.8) is 0 Å². The quantitative estimate of drug-likeness (QED) is 0.616. The molecule has 6 nitrogen and oxygen atoms in total. The number of rotatable bonds is 6. The summed E-state index contributed by atoms with van der Waals surface area (Å²) in [6.07, 6.45) is 2.82. The zero-order valence-corrected chi connectivity index (χ0v) is 18.9. The summed E-state index contributed by atoms with van der Waals surface area (Å²) in [5.41, 5.74) is 4.79. The highest BCUT2D eigenvalue weighted by Gasteiger charge is 2.22. The van der Waals surface area contributed by atoms with Crippen molar-refractivity contribution in [3.8, 4) is 0 Å². The maximum absolute atomic E-state index is 12.8. The van der Waals surface area contributed by atoms with Crippen LogP contribution in [0.25, 0.3) is 0 Å². The predicted octanol–water partition coefficient (Wildman–Crippen LogP) is 3.02. The topological polar surface area (TPSA) is 60.5 Å². The first kappa shape index (κ1) is 21.6. The maximum atomic E-state index is 12.8. The van der Waals surface area contributed by atoms with E-state index in [1.807, 2.05) is 12.1 Å². The Bertz CT molecular complexity index is 1090. The van der Waals surface area contributed by atoms with Crippen molar-refractivity contribution in [1.29, 1.82) is 0 Å². The molecule has 0 spiro atoms. The van der Waals surface area contributed by atoms with Crippen LogP contribution in [-0.2, 0) is 13.0 Å². The summed E-state index contributed by atoms with van der Waals surface area (Å²) < 4.78 is 0. The lowest BCUT2D eigenvalue weighted by Gasteiger charge is -2.35. The van der Waals surface area contributed by atoms with Gasteiger partial charge in [-0.25, -0.2) is 4.98 Å². The number of aromatic nitrogens is 1.